The molecule has 0 aliphatic rings. The van der Waals surface area contributed by atoms with E-state index < -0.39 is 0 Å². The van der Waals surface area contributed by atoms with Crippen molar-refractivity contribution in [3.05, 3.63) is 0 Å². The molecule has 0 aromatic carbocycles. The monoisotopic (exact) mass is 262 g/mol. The fourth-order valence-electron chi connectivity index (χ4n) is 1.31. The Morgan fingerprint density at radius 1 is 1.41 bits per heavy atom. The lowest BCUT2D eigenvalue weighted by Crippen LogP contribution is -2.34. The van der Waals surface area contributed by atoms with E-state index in [2.05, 4.69) is 16.9 Å². The van der Waals surface area contributed by atoms with Crippen LogP contribution in [0.2, 0.25) is 0 Å². The van der Waals surface area contributed by atoms with Gasteiger partial charge in [-0.15, -0.1) is 0 Å². The lowest BCUT2D eigenvalue weighted by molar-refractivity contribution is -0.121. The summed E-state index contributed by atoms with van der Waals surface area (Å²) in [7, 11) is 1.85. The maximum atomic E-state index is 11.4. The summed E-state index contributed by atoms with van der Waals surface area (Å²) in [4.78, 5) is 11.4. The van der Waals surface area contributed by atoms with Crippen LogP contribution < -0.4 is 10.6 Å². The van der Waals surface area contributed by atoms with Crippen molar-refractivity contribution in [3.63, 3.8) is 0 Å². The van der Waals surface area contributed by atoms with Crippen LogP contribution in [0.5, 0.6) is 0 Å². The van der Waals surface area contributed by atoms with E-state index in [9.17, 15) is 4.79 Å². The van der Waals surface area contributed by atoms with Crippen LogP contribution in [-0.4, -0.2) is 43.8 Å². The van der Waals surface area contributed by atoms with Gasteiger partial charge in [-0.25, -0.2) is 0 Å². The van der Waals surface area contributed by atoms with E-state index in [0.717, 1.165) is 18.6 Å². The highest BCUT2D eigenvalue weighted by atomic mass is 32.2. The van der Waals surface area contributed by atoms with Crippen molar-refractivity contribution in [2.45, 2.75) is 38.7 Å². The van der Waals surface area contributed by atoms with Crippen LogP contribution in [0.15, 0.2) is 0 Å². The van der Waals surface area contributed by atoms with Gasteiger partial charge in [0, 0.05) is 13.0 Å². The van der Waals surface area contributed by atoms with Crippen molar-refractivity contribution >= 4 is 17.7 Å². The molecule has 0 fully saturated rings. The fraction of sp³-hybridized carbons (Fsp3) is 0.917. The van der Waals surface area contributed by atoms with Crippen LogP contribution in [0.1, 0.15) is 33.1 Å². The summed E-state index contributed by atoms with van der Waals surface area (Å²) in [5.41, 5.74) is -0.199. The van der Waals surface area contributed by atoms with E-state index in [1.807, 2.05) is 20.9 Å². The Bertz CT molecular complexity index is 211. The molecule has 5 heteroatoms. The van der Waals surface area contributed by atoms with Crippen molar-refractivity contribution in [3.8, 4) is 0 Å². The number of hydrogen-bond donors (Lipinski definition) is 2. The van der Waals surface area contributed by atoms with Gasteiger partial charge in [-0.3, -0.25) is 10.1 Å². The molecule has 0 aliphatic heterocycles. The van der Waals surface area contributed by atoms with Crippen molar-refractivity contribution in [2.75, 3.05) is 32.3 Å². The fourth-order valence-corrected chi connectivity index (χ4v) is 1.74. The Labute approximate surface area is 109 Å². The van der Waals surface area contributed by atoms with E-state index in [1.165, 1.54) is 0 Å². The molecule has 102 valence electrons. The van der Waals surface area contributed by atoms with Gasteiger partial charge >= 0.3 is 0 Å². The molecule has 0 rings (SSSR count). The molecule has 0 atom stereocenters. The van der Waals surface area contributed by atoms with Crippen LogP contribution >= 0.6 is 11.8 Å². The largest absolute Gasteiger partial charge is 0.360 e. The first-order valence-electron chi connectivity index (χ1n) is 6.06. The minimum atomic E-state index is -0.199. The zero-order valence-electron chi connectivity index (χ0n) is 11.5. The number of amides is 1. The molecule has 0 spiro atoms. The third-order valence-corrected chi connectivity index (χ3v) is 3.11. The molecule has 0 saturated carbocycles. The van der Waals surface area contributed by atoms with E-state index >= 15 is 0 Å². The molecular formula is C12H26N2O2S. The maximum absolute atomic E-state index is 11.4. The second-order valence-electron chi connectivity index (χ2n) is 4.60. The van der Waals surface area contributed by atoms with Crippen LogP contribution in [-0.2, 0) is 9.53 Å². The van der Waals surface area contributed by atoms with Gasteiger partial charge in [0.15, 0.2) is 0 Å². The zero-order valence-corrected chi connectivity index (χ0v) is 12.3. The SMILES string of the molecule is CNCOC(C)(C)CCNC(=O)CCCSC. The molecule has 0 aromatic heterocycles. The molecule has 0 heterocycles. The van der Waals surface area contributed by atoms with Crippen molar-refractivity contribution in [1.29, 1.82) is 0 Å². The quantitative estimate of drug-likeness (QED) is 0.464. The summed E-state index contributed by atoms with van der Waals surface area (Å²) < 4.78 is 5.59. The van der Waals surface area contributed by atoms with E-state index in [-0.39, 0.29) is 11.5 Å². The number of carbonyl (C=O) groups is 1. The van der Waals surface area contributed by atoms with E-state index in [0.29, 0.717) is 19.7 Å². The van der Waals surface area contributed by atoms with Crippen molar-refractivity contribution in [2.24, 2.45) is 0 Å². The maximum Gasteiger partial charge on any atom is 0.220 e. The first-order valence-corrected chi connectivity index (χ1v) is 7.45. The van der Waals surface area contributed by atoms with E-state index in [4.69, 9.17) is 4.74 Å². The number of hydrogen-bond acceptors (Lipinski definition) is 4. The summed E-state index contributed by atoms with van der Waals surface area (Å²) in [6, 6.07) is 0. The molecule has 0 bridgehead atoms. The minimum Gasteiger partial charge on any atom is -0.360 e. The van der Waals surface area contributed by atoms with Crippen molar-refractivity contribution < 1.29 is 9.53 Å². The summed E-state index contributed by atoms with van der Waals surface area (Å²) >= 11 is 1.77. The number of carbonyl (C=O) groups excluding carboxylic acids is 1. The Balaban J connectivity index is 3.57. The second kappa shape index (κ2) is 9.74. The second-order valence-corrected chi connectivity index (χ2v) is 5.58. The summed E-state index contributed by atoms with van der Waals surface area (Å²) in [5.74, 6) is 1.19. The summed E-state index contributed by atoms with van der Waals surface area (Å²) in [5, 5.41) is 5.87. The third-order valence-electron chi connectivity index (χ3n) is 2.41. The van der Waals surface area contributed by atoms with Gasteiger partial charge in [0.05, 0.1) is 12.3 Å². The topological polar surface area (TPSA) is 50.4 Å². The predicted octanol–water partition coefficient (Wildman–Crippen LogP) is 1.61. The molecule has 0 unspecified atom stereocenters. The Hall–Kier alpha value is -0.260. The van der Waals surface area contributed by atoms with Gasteiger partial charge in [0.2, 0.25) is 5.91 Å². The lowest BCUT2D eigenvalue weighted by Gasteiger charge is -2.25. The van der Waals surface area contributed by atoms with Crippen LogP contribution in [0.4, 0.5) is 0 Å². The summed E-state index contributed by atoms with van der Waals surface area (Å²) in [6.45, 7) is 5.28. The minimum absolute atomic E-state index is 0.142. The molecule has 1 amide bonds. The molecule has 2 N–H and O–H groups in total. The van der Waals surface area contributed by atoms with Gasteiger partial charge in [0.1, 0.15) is 0 Å². The van der Waals surface area contributed by atoms with Crippen molar-refractivity contribution in [1.82, 2.24) is 10.6 Å². The van der Waals surface area contributed by atoms with Gasteiger partial charge in [-0.1, -0.05) is 0 Å². The number of nitrogens with one attached hydrogen (secondary N) is 2. The number of rotatable bonds is 10. The lowest BCUT2D eigenvalue weighted by atomic mass is 10.1. The Morgan fingerprint density at radius 3 is 2.71 bits per heavy atom. The molecule has 4 nitrogen and oxygen atoms in total. The number of thioether (sulfide) groups is 1. The average molecular weight is 262 g/mol. The molecule has 0 radical (unpaired) electrons. The van der Waals surface area contributed by atoms with Gasteiger partial charge in [-0.05, 0) is 45.7 Å². The molecule has 0 saturated heterocycles. The van der Waals surface area contributed by atoms with Crippen LogP contribution in [0.3, 0.4) is 0 Å². The molecule has 0 aliphatic carbocycles. The van der Waals surface area contributed by atoms with Gasteiger partial charge in [0.25, 0.3) is 0 Å². The van der Waals surface area contributed by atoms with Crippen LogP contribution in [0, 0.1) is 0 Å². The Kier molecular flexibility index (Phi) is 9.59. The standard InChI is InChI=1S/C12H26N2O2S/c1-12(2,16-10-13-3)7-8-14-11(15)6-5-9-17-4/h13H,5-10H2,1-4H3,(H,14,15). The smallest absolute Gasteiger partial charge is 0.220 e. The highest BCUT2D eigenvalue weighted by Gasteiger charge is 2.17. The van der Waals surface area contributed by atoms with Gasteiger partial charge in [-0.2, -0.15) is 11.8 Å². The average Bonchev–Trinajstić information content (AvgIpc) is 2.26. The molecule has 0 aromatic rings. The first-order chi connectivity index (χ1) is 8.02. The Morgan fingerprint density at radius 2 is 2.12 bits per heavy atom. The first kappa shape index (κ1) is 16.7. The normalized spacial score (nSPS) is 11.5. The zero-order chi connectivity index (χ0) is 13.1. The highest BCUT2D eigenvalue weighted by Crippen LogP contribution is 2.12. The molecule has 17 heavy (non-hydrogen) atoms. The van der Waals surface area contributed by atoms with E-state index in [1.54, 1.807) is 11.8 Å². The van der Waals surface area contributed by atoms with Crippen LogP contribution in [0.25, 0.3) is 0 Å². The summed E-state index contributed by atoms with van der Waals surface area (Å²) in [6.07, 6.45) is 4.45. The predicted molar refractivity (Wildman–Crippen MR) is 74.3 cm³/mol. The van der Waals surface area contributed by atoms with Gasteiger partial charge < -0.3 is 10.1 Å². The third kappa shape index (κ3) is 10.6. The number of ether oxygens (including phenoxy) is 1. The molecular weight excluding hydrogens is 236 g/mol. The highest BCUT2D eigenvalue weighted by molar-refractivity contribution is 7.98.